The molecule has 2 aromatic carbocycles. The molecule has 8 heteroatoms. The van der Waals surface area contributed by atoms with Crippen LogP contribution in [0, 0.1) is 0 Å². The molecule has 0 aliphatic carbocycles. The third-order valence-corrected chi connectivity index (χ3v) is 3.55. The summed E-state index contributed by atoms with van der Waals surface area (Å²) in [5.74, 6) is -0.698. The Morgan fingerprint density at radius 2 is 1.81 bits per heavy atom. The van der Waals surface area contributed by atoms with Crippen LogP contribution in [0.1, 0.15) is 12.5 Å². The van der Waals surface area contributed by atoms with Crippen LogP contribution >= 0.6 is 0 Å². The second kappa shape index (κ2) is 7.90. The molecule has 1 N–H and O–H groups in total. The predicted octanol–water partition coefficient (Wildman–Crippen LogP) is 3.71. The van der Waals surface area contributed by atoms with Gasteiger partial charge in [0.05, 0.1) is 18.4 Å². The molecular formula is C18H17F3N2O3. The van der Waals surface area contributed by atoms with Crippen molar-refractivity contribution in [3.8, 4) is 5.75 Å². The van der Waals surface area contributed by atoms with Crippen LogP contribution in [0.25, 0.3) is 0 Å². The van der Waals surface area contributed by atoms with E-state index in [2.05, 4.69) is 5.32 Å². The summed E-state index contributed by atoms with van der Waals surface area (Å²) in [5.41, 5.74) is -0.513. The van der Waals surface area contributed by atoms with E-state index in [9.17, 15) is 22.8 Å². The number of nitrogens with one attached hydrogen (secondary N) is 1. The fourth-order valence-corrected chi connectivity index (χ4v) is 2.32. The molecule has 0 aliphatic heterocycles. The monoisotopic (exact) mass is 366 g/mol. The van der Waals surface area contributed by atoms with Crippen molar-refractivity contribution in [2.45, 2.75) is 13.1 Å². The molecule has 138 valence electrons. The highest BCUT2D eigenvalue weighted by Crippen LogP contribution is 2.31. The van der Waals surface area contributed by atoms with Crippen LogP contribution in [0.5, 0.6) is 5.75 Å². The Kier molecular flexibility index (Phi) is 5.86. The number of hydrogen-bond donors (Lipinski definition) is 1. The molecule has 0 unspecified atom stereocenters. The normalized spacial score (nSPS) is 11.0. The number of ether oxygens (including phenoxy) is 1. The van der Waals surface area contributed by atoms with Crippen molar-refractivity contribution >= 4 is 23.2 Å². The van der Waals surface area contributed by atoms with Gasteiger partial charge in [-0.05, 0) is 30.3 Å². The first-order valence-corrected chi connectivity index (χ1v) is 7.60. The van der Waals surface area contributed by atoms with Gasteiger partial charge in [-0.25, -0.2) is 0 Å². The lowest BCUT2D eigenvalue weighted by Gasteiger charge is -2.22. The zero-order valence-corrected chi connectivity index (χ0v) is 14.1. The third kappa shape index (κ3) is 4.75. The molecule has 0 bridgehead atoms. The summed E-state index contributed by atoms with van der Waals surface area (Å²) >= 11 is 0. The molecule has 0 spiro atoms. The molecule has 0 heterocycles. The van der Waals surface area contributed by atoms with Crippen LogP contribution in [0.3, 0.4) is 0 Å². The molecule has 2 rings (SSSR count). The van der Waals surface area contributed by atoms with E-state index < -0.39 is 30.1 Å². The summed E-state index contributed by atoms with van der Waals surface area (Å²) < 4.78 is 43.7. The van der Waals surface area contributed by atoms with E-state index in [0.717, 1.165) is 17.0 Å². The number of anilines is 2. The number of methoxy groups -OCH3 is 1. The number of benzene rings is 2. The minimum Gasteiger partial charge on any atom is -0.495 e. The van der Waals surface area contributed by atoms with Crippen molar-refractivity contribution < 1.29 is 27.5 Å². The summed E-state index contributed by atoms with van der Waals surface area (Å²) in [6, 6.07) is 10.9. The van der Waals surface area contributed by atoms with Crippen LogP contribution in [0.4, 0.5) is 24.5 Å². The molecule has 0 radical (unpaired) electrons. The average molecular weight is 366 g/mol. The van der Waals surface area contributed by atoms with Crippen molar-refractivity contribution in [2.75, 3.05) is 23.9 Å². The minimum atomic E-state index is -4.54. The minimum absolute atomic E-state index is 0.0116. The van der Waals surface area contributed by atoms with Gasteiger partial charge in [0.25, 0.3) is 0 Å². The van der Waals surface area contributed by atoms with Crippen LogP contribution in [0.15, 0.2) is 48.5 Å². The maximum absolute atomic E-state index is 12.9. The third-order valence-electron chi connectivity index (χ3n) is 3.55. The number of amides is 2. The molecule has 0 saturated carbocycles. The van der Waals surface area contributed by atoms with Crippen LogP contribution in [-0.4, -0.2) is 25.5 Å². The van der Waals surface area contributed by atoms with E-state index in [4.69, 9.17) is 4.74 Å². The zero-order valence-electron chi connectivity index (χ0n) is 14.1. The second-order valence-corrected chi connectivity index (χ2v) is 5.40. The van der Waals surface area contributed by atoms with Crippen LogP contribution < -0.4 is 15.0 Å². The Bertz CT molecular complexity index is 806. The van der Waals surface area contributed by atoms with Crippen LogP contribution in [0.2, 0.25) is 0 Å². The van der Waals surface area contributed by atoms with Gasteiger partial charge in [0.2, 0.25) is 11.8 Å². The Morgan fingerprint density at radius 1 is 1.12 bits per heavy atom. The fraction of sp³-hybridized carbons (Fsp3) is 0.222. The first kappa shape index (κ1) is 19.3. The largest absolute Gasteiger partial charge is 0.495 e. The number of halogens is 3. The van der Waals surface area contributed by atoms with Gasteiger partial charge in [0.1, 0.15) is 12.3 Å². The van der Waals surface area contributed by atoms with Gasteiger partial charge < -0.3 is 15.0 Å². The lowest BCUT2D eigenvalue weighted by molar-refractivity contribution is -0.137. The summed E-state index contributed by atoms with van der Waals surface area (Å²) in [6.07, 6.45) is -4.54. The number of rotatable bonds is 5. The second-order valence-electron chi connectivity index (χ2n) is 5.40. The maximum atomic E-state index is 12.9. The highest BCUT2D eigenvalue weighted by Gasteiger charge is 2.31. The standard InChI is InChI=1S/C18H17F3N2O3/c1-12(24)23(14-7-5-6-13(10-14)18(19,20)21)11-17(25)22-15-8-3-4-9-16(15)26-2/h3-10H,11H2,1-2H3,(H,22,25). The van der Waals surface area contributed by atoms with Gasteiger partial charge >= 0.3 is 6.18 Å². The summed E-state index contributed by atoms with van der Waals surface area (Å²) in [6.45, 7) is 0.741. The highest BCUT2D eigenvalue weighted by atomic mass is 19.4. The zero-order chi connectivity index (χ0) is 19.3. The van der Waals surface area contributed by atoms with Gasteiger partial charge in [-0.1, -0.05) is 18.2 Å². The van der Waals surface area contributed by atoms with E-state index in [1.165, 1.54) is 26.2 Å². The van der Waals surface area contributed by atoms with E-state index >= 15 is 0 Å². The van der Waals surface area contributed by atoms with Gasteiger partial charge in [-0.3, -0.25) is 9.59 Å². The Morgan fingerprint density at radius 3 is 2.42 bits per heavy atom. The number of alkyl halides is 3. The van der Waals surface area contributed by atoms with E-state index in [1.54, 1.807) is 24.3 Å². The Balaban J connectivity index is 2.21. The summed E-state index contributed by atoms with van der Waals surface area (Å²) in [4.78, 5) is 25.1. The van der Waals surface area contributed by atoms with E-state index in [1.807, 2.05) is 0 Å². The topological polar surface area (TPSA) is 58.6 Å². The molecule has 0 aliphatic rings. The molecule has 0 saturated heterocycles. The molecule has 2 amide bonds. The first-order chi connectivity index (χ1) is 12.2. The van der Waals surface area contributed by atoms with Crippen molar-refractivity contribution in [3.63, 3.8) is 0 Å². The van der Waals surface area contributed by atoms with Crippen LogP contribution in [-0.2, 0) is 15.8 Å². The van der Waals surface area contributed by atoms with E-state index in [0.29, 0.717) is 11.4 Å². The first-order valence-electron chi connectivity index (χ1n) is 7.60. The molecule has 5 nitrogen and oxygen atoms in total. The van der Waals surface area contributed by atoms with Gasteiger partial charge in [-0.2, -0.15) is 13.2 Å². The molecule has 0 atom stereocenters. The predicted molar refractivity (Wildman–Crippen MR) is 91.1 cm³/mol. The highest BCUT2D eigenvalue weighted by molar-refractivity contribution is 6.02. The number of hydrogen-bond acceptors (Lipinski definition) is 3. The smallest absolute Gasteiger partial charge is 0.416 e. The van der Waals surface area contributed by atoms with Gasteiger partial charge in [0, 0.05) is 12.6 Å². The van der Waals surface area contributed by atoms with E-state index in [-0.39, 0.29) is 5.69 Å². The Labute approximate surface area is 148 Å². The molecule has 0 aromatic heterocycles. The maximum Gasteiger partial charge on any atom is 0.416 e. The number of para-hydroxylation sites is 2. The quantitative estimate of drug-likeness (QED) is 0.878. The van der Waals surface area contributed by atoms with Crippen molar-refractivity contribution in [1.29, 1.82) is 0 Å². The van der Waals surface area contributed by atoms with Crippen molar-refractivity contribution in [1.82, 2.24) is 0 Å². The molecular weight excluding hydrogens is 349 g/mol. The summed E-state index contributed by atoms with van der Waals surface area (Å²) in [5, 5.41) is 2.58. The number of carbonyl (C=O) groups excluding carboxylic acids is 2. The van der Waals surface area contributed by atoms with Crippen molar-refractivity contribution in [2.24, 2.45) is 0 Å². The SMILES string of the molecule is COc1ccccc1NC(=O)CN(C(C)=O)c1cccc(C(F)(F)F)c1. The van der Waals surface area contributed by atoms with Gasteiger partial charge in [-0.15, -0.1) is 0 Å². The summed E-state index contributed by atoms with van der Waals surface area (Å²) in [7, 11) is 1.44. The molecule has 0 fully saturated rings. The van der Waals surface area contributed by atoms with Gasteiger partial charge in [0.15, 0.2) is 0 Å². The molecule has 26 heavy (non-hydrogen) atoms. The average Bonchev–Trinajstić information content (AvgIpc) is 2.59. The van der Waals surface area contributed by atoms with Crippen molar-refractivity contribution in [3.05, 3.63) is 54.1 Å². The fourth-order valence-electron chi connectivity index (χ4n) is 2.32. The Hall–Kier alpha value is -3.03. The number of nitrogens with zero attached hydrogens (tertiary/aromatic N) is 1. The lowest BCUT2D eigenvalue weighted by atomic mass is 10.1. The lowest BCUT2D eigenvalue weighted by Crippen LogP contribution is -2.36. The number of carbonyl (C=O) groups is 2. The molecule has 2 aromatic rings.